The number of benzene rings is 2. The lowest BCUT2D eigenvalue weighted by Crippen LogP contribution is -2.32. The average Bonchev–Trinajstić information content (AvgIpc) is 3.11. The van der Waals surface area contributed by atoms with E-state index in [2.05, 4.69) is 22.5 Å². The Kier molecular flexibility index (Phi) is 6.26. The van der Waals surface area contributed by atoms with E-state index in [1.54, 1.807) is 0 Å². The van der Waals surface area contributed by atoms with E-state index < -0.39 is 0 Å². The number of aryl methyl sites for hydroxylation is 2. The van der Waals surface area contributed by atoms with Gasteiger partial charge in [0.25, 0.3) is 0 Å². The van der Waals surface area contributed by atoms with Gasteiger partial charge >= 0.3 is 0 Å². The maximum atomic E-state index is 13.0. The zero-order valence-electron chi connectivity index (χ0n) is 18.3. The third kappa shape index (κ3) is 5.08. The number of hydrogen-bond donors (Lipinski definition) is 1. The van der Waals surface area contributed by atoms with E-state index >= 15 is 0 Å². The van der Waals surface area contributed by atoms with Crippen LogP contribution in [0.3, 0.4) is 0 Å². The average molecular weight is 420 g/mol. The molecule has 2 heterocycles. The van der Waals surface area contributed by atoms with Gasteiger partial charge in [-0.15, -0.1) is 0 Å². The number of carbonyl (C=O) groups excluding carboxylic acids is 1. The minimum atomic E-state index is -0.168. The topological polar surface area (TPSA) is 65.4 Å². The van der Waals surface area contributed by atoms with Gasteiger partial charge in [-0.2, -0.15) is 5.10 Å². The van der Waals surface area contributed by atoms with Crippen molar-refractivity contribution in [2.75, 3.05) is 13.2 Å². The van der Waals surface area contributed by atoms with Crippen molar-refractivity contribution in [2.24, 2.45) is 0 Å². The molecule has 6 heteroatoms. The number of fused-ring (bicyclic) bond motifs is 1. The lowest BCUT2D eigenvalue weighted by molar-refractivity contribution is -0.122. The normalized spacial score (nSPS) is 14.7. The SMILES string of the molecule is Cc1cc(C)n(C(C)CC(=O)NC(Cc2ccccc2)c2ccc3c(c2)OCCO3)n1. The second-order valence-electron chi connectivity index (χ2n) is 8.14. The summed E-state index contributed by atoms with van der Waals surface area (Å²) in [4.78, 5) is 13.0. The van der Waals surface area contributed by atoms with Crippen LogP contribution in [0.15, 0.2) is 54.6 Å². The predicted molar refractivity (Wildman–Crippen MR) is 119 cm³/mol. The number of amides is 1. The molecule has 1 N–H and O–H groups in total. The number of ether oxygens (including phenoxy) is 2. The van der Waals surface area contributed by atoms with Crippen LogP contribution in [-0.2, 0) is 11.2 Å². The van der Waals surface area contributed by atoms with E-state index in [1.807, 2.05) is 67.9 Å². The molecular weight excluding hydrogens is 390 g/mol. The van der Waals surface area contributed by atoms with Crippen LogP contribution in [0.4, 0.5) is 0 Å². The van der Waals surface area contributed by atoms with Gasteiger partial charge in [0.1, 0.15) is 13.2 Å². The molecule has 0 spiro atoms. The van der Waals surface area contributed by atoms with Gasteiger partial charge in [-0.25, -0.2) is 0 Å². The molecule has 1 aliphatic heterocycles. The zero-order valence-corrected chi connectivity index (χ0v) is 18.3. The minimum absolute atomic E-state index is 0.00382. The summed E-state index contributed by atoms with van der Waals surface area (Å²) in [6.45, 7) is 7.10. The van der Waals surface area contributed by atoms with Crippen molar-refractivity contribution in [3.05, 3.63) is 77.1 Å². The van der Waals surface area contributed by atoms with E-state index in [-0.39, 0.29) is 18.0 Å². The summed E-state index contributed by atoms with van der Waals surface area (Å²) in [7, 11) is 0. The quantitative estimate of drug-likeness (QED) is 0.619. The summed E-state index contributed by atoms with van der Waals surface area (Å²) < 4.78 is 13.3. The van der Waals surface area contributed by atoms with Crippen LogP contribution in [0, 0.1) is 13.8 Å². The van der Waals surface area contributed by atoms with Gasteiger partial charge in [0.2, 0.25) is 5.91 Å². The largest absolute Gasteiger partial charge is 0.486 e. The molecule has 0 saturated heterocycles. The van der Waals surface area contributed by atoms with Gasteiger partial charge < -0.3 is 14.8 Å². The number of hydrogen-bond acceptors (Lipinski definition) is 4. The van der Waals surface area contributed by atoms with Crippen molar-refractivity contribution in [2.45, 2.75) is 45.7 Å². The molecule has 0 fully saturated rings. The van der Waals surface area contributed by atoms with Crippen LogP contribution in [0.5, 0.6) is 11.5 Å². The third-order valence-electron chi connectivity index (χ3n) is 5.53. The Balaban J connectivity index is 1.53. The van der Waals surface area contributed by atoms with E-state index in [0.717, 1.165) is 34.0 Å². The summed E-state index contributed by atoms with van der Waals surface area (Å²) >= 11 is 0. The molecule has 2 aromatic carbocycles. The second-order valence-corrected chi connectivity index (χ2v) is 8.14. The molecule has 31 heavy (non-hydrogen) atoms. The van der Waals surface area contributed by atoms with E-state index in [1.165, 1.54) is 0 Å². The van der Waals surface area contributed by atoms with Crippen LogP contribution in [0.25, 0.3) is 0 Å². The number of carbonyl (C=O) groups is 1. The van der Waals surface area contributed by atoms with Gasteiger partial charge in [-0.1, -0.05) is 36.4 Å². The fraction of sp³-hybridized carbons (Fsp3) is 0.360. The highest BCUT2D eigenvalue weighted by atomic mass is 16.6. The lowest BCUT2D eigenvalue weighted by atomic mass is 9.98. The van der Waals surface area contributed by atoms with Crippen LogP contribution in [0.1, 0.15) is 47.9 Å². The first-order valence-electron chi connectivity index (χ1n) is 10.7. The van der Waals surface area contributed by atoms with E-state index in [9.17, 15) is 4.79 Å². The Bertz CT molecular complexity index is 1050. The van der Waals surface area contributed by atoms with E-state index in [4.69, 9.17) is 9.47 Å². The lowest BCUT2D eigenvalue weighted by Gasteiger charge is -2.24. The summed E-state index contributed by atoms with van der Waals surface area (Å²) in [5.74, 6) is 1.47. The van der Waals surface area contributed by atoms with Crippen LogP contribution in [-0.4, -0.2) is 28.9 Å². The first kappa shape index (κ1) is 21.0. The molecule has 0 bridgehead atoms. The molecular formula is C25H29N3O3. The van der Waals surface area contributed by atoms with Gasteiger partial charge in [-0.3, -0.25) is 9.48 Å². The van der Waals surface area contributed by atoms with Crippen molar-refractivity contribution >= 4 is 5.91 Å². The number of rotatable bonds is 7. The molecule has 1 amide bonds. The van der Waals surface area contributed by atoms with Crippen molar-refractivity contribution in [1.82, 2.24) is 15.1 Å². The Morgan fingerprint density at radius 3 is 2.52 bits per heavy atom. The summed E-state index contributed by atoms with van der Waals surface area (Å²) in [5, 5.41) is 7.76. The first-order chi connectivity index (χ1) is 15.0. The minimum Gasteiger partial charge on any atom is -0.486 e. The molecule has 3 aromatic rings. The van der Waals surface area contributed by atoms with Gasteiger partial charge in [0, 0.05) is 12.1 Å². The third-order valence-corrected chi connectivity index (χ3v) is 5.53. The smallest absolute Gasteiger partial charge is 0.222 e. The maximum absolute atomic E-state index is 13.0. The fourth-order valence-electron chi connectivity index (χ4n) is 4.08. The highest BCUT2D eigenvalue weighted by molar-refractivity contribution is 5.77. The van der Waals surface area contributed by atoms with Gasteiger partial charge in [0.15, 0.2) is 11.5 Å². The number of aromatic nitrogens is 2. The van der Waals surface area contributed by atoms with Crippen molar-refractivity contribution in [3.8, 4) is 11.5 Å². The standard InChI is InChI=1S/C25H29N3O3/c1-17-13-18(2)28(27-17)19(3)14-25(29)26-22(15-20-7-5-4-6-8-20)21-9-10-23-24(16-21)31-12-11-30-23/h4-10,13,16,19,22H,11-12,14-15H2,1-3H3,(H,26,29). The van der Waals surface area contributed by atoms with Crippen molar-refractivity contribution < 1.29 is 14.3 Å². The molecule has 4 rings (SSSR count). The molecule has 2 unspecified atom stereocenters. The molecule has 0 saturated carbocycles. The Morgan fingerprint density at radius 2 is 1.81 bits per heavy atom. The maximum Gasteiger partial charge on any atom is 0.222 e. The predicted octanol–water partition coefficient (Wildman–Crippen LogP) is 4.32. The molecule has 162 valence electrons. The van der Waals surface area contributed by atoms with Crippen LogP contribution >= 0.6 is 0 Å². The van der Waals surface area contributed by atoms with Crippen molar-refractivity contribution in [1.29, 1.82) is 0 Å². The number of nitrogens with zero attached hydrogens (tertiary/aromatic N) is 2. The molecule has 1 aromatic heterocycles. The van der Waals surface area contributed by atoms with Crippen molar-refractivity contribution in [3.63, 3.8) is 0 Å². The highest BCUT2D eigenvalue weighted by Gasteiger charge is 2.21. The molecule has 2 atom stereocenters. The molecule has 6 nitrogen and oxygen atoms in total. The number of nitrogens with one attached hydrogen (secondary N) is 1. The fourth-order valence-corrected chi connectivity index (χ4v) is 4.08. The molecule has 0 aliphatic carbocycles. The van der Waals surface area contributed by atoms with Gasteiger partial charge in [0.05, 0.1) is 17.8 Å². The Labute approximate surface area is 183 Å². The monoisotopic (exact) mass is 419 g/mol. The first-order valence-corrected chi connectivity index (χ1v) is 10.7. The van der Waals surface area contributed by atoms with Crippen LogP contribution < -0.4 is 14.8 Å². The van der Waals surface area contributed by atoms with Crippen LogP contribution in [0.2, 0.25) is 0 Å². The Morgan fingerprint density at radius 1 is 1.06 bits per heavy atom. The summed E-state index contributed by atoms with van der Waals surface area (Å²) in [6.07, 6.45) is 1.05. The van der Waals surface area contributed by atoms with E-state index in [0.29, 0.717) is 26.1 Å². The molecule has 1 aliphatic rings. The van der Waals surface area contributed by atoms with Gasteiger partial charge in [-0.05, 0) is 56.5 Å². The zero-order chi connectivity index (χ0) is 21.8. The molecule has 0 radical (unpaired) electrons. The second kappa shape index (κ2) is 9.25. The highest BCUT2D eigenvalue weighted by Crippen LogP contribution is 2.33. The summed E-state index contributed by atoms with van der Waals surface area (Å²) in [5.41, 5.74) is 4.18. The Hall–Kier alpha value is -3.28. The summed E-state index contributed by atoms with van der Waals surface area (Å²) in [6, 6.07) is 17.9.